The lowest BCUT2D eigenvalue weighted by Gasteiger charge is -2.02. The number of hydrogen-bond acceptors (Lipinski definition) is 5. The number of ether oxygens (including phenoxy) is 2. The van der Waals surface area contributed by atoms with Crippen LogP contribution in [0.15, 0.2) is 10.8 Å². The van der Waals surface area contributed by atoms with Gasteiger partial charge in [0.2, 0.25) is 5.82 Å². The first kappa shape index (κ1) is 9.91. The number of esters is 1. The highest BCUT2D eigenvalue weighted by Gasteiger charge is 2.11. The van der Waals surface area contributed by atoms with Crippen molar-refractivity contribution in [1.82, 2.24) is 9.97 Å². The lowest BCUT2D eigenvalue weighted by Crippen LogP contribution is -2.07. The predicted octanol–water partition coefficient (Wildman–Crippen LogP) is 1.03. The summed E-state index contributed by atoms with van der Waals surface area (Å²) in [4.78, 5) is 18.5. The van der Waals surface area contributed by atoms with E-state index < -0.39 is 5.97 Å². The van der Waals surface area contributed by atoms with Crippen molar-refractivity contribution >= 4 is 21.9 Å². The Morgan fingerprint density at radius 3 is 2.69 bits per heavy atom. The van der Waals surface area contributed by atoms with Crippen molar-refractivity contribution in [2.24, 2.45) is 0 Å². The second kappa shape index (κ2) is 4.18. The van der Waals surface area contributed by atoms with Crippen LogP contribution in [0, 0.1) is 0 Å². The number of carbonyl (C=O) groups is 1. The molecule has 1 aromatic heterocycles. The monoisotopic (exact) mass is 246 g/mol. The fourth-order valence-electron chi connectivity index (χ4n) is 0.677. The van der Waals surface area contributed by atoms with Gasteiger partial charge in [-0.15, -0.1) is 0 Å². The molecule has 0 spiro atoms. The average molecular weight is 247 g/mol. The molecule has 6 heteroatoms. The lowest BCUT2D eigenvalue weighted by molar-refractivity contribution is 0.0586. The molecule has 0 aliphatic carbocycles. The molecule has 0 radical (unpaired) electrons. The van der Waals surface area contributed by atoms with E-state index in [1.54, 1.807) is 0 Å². The summed E-state index contributed by atoms with van der Waals surface area (Å²) in [6, 6.07) is 0. The largest absolute Gasteiger partial charge is 0.492 e. The minimum atomic E-state index is -0.580. The third-order valence-electron chi connectivity index (χ3n) is 1.30. The van der Waals surface area contributed by atoms with Crippen molar-refractivity contribution in [2.45, 2.75) is 0 Å². The first-order valence-corrected chi connectivity index (χ1v) is 4.13. The van der Waals surface area contributed by atoms with Crippen molar-refractivity contribution in [3.8, 4) is 5.75 Å². The number of methoxy groups -OCH3 is 2. The Morgan fingerprint density at radius 2 is 2.23 bits per heavy atom. The zero-order chi connectivity index (χ0) is 9.84. The van der Waals surface area contributed by atoms with Gasteiger partial charge in [-0.3, -0.25) is 0 Å². The van der Waals surface area contributed by atoms with Crippen LogP contribution in [-0.4, -0.2) is 30.2 Å². The van der Waals surface area contributed by atoms with Gasteiger partial charge in [0.25, 0.3) is 0 Å². The quantitative estimate of drug-likeness (QED) is 0.577. The molecule has 0 aromatic carbocycles. The van der Waals surface area contributed by atoms with Crippen molar-refractivity contribution in [3.05, 3.63) is 16.6 Å². The number of nitrogens with zero attached hydrogens (tertiary/aromatic N) is 2. The SMILES string of the molecule is COC(=O)c1ncc(OC)c(Br)n1. The summed E-state index contributed by atoms with van der Waals surface area (Å²) >= 11 is 3.12. The van der Waals surface area contributed by atoms with E-state index in [1.165, 1.54) is 20.4 Å². The van der Waals surface area contributed by atoms with Gasteiger partial charge in [-0.1, -0.05) is 0 Å². The molecular weight excluding hydrogens is 240 g/mol. The van der Waals surface area contributed by atoms with Gasteiger partial charge < -0.3 is 9.47 Å². The molecule has 1 aromatic rings. The van der Waals surface area contributed by atoms with E-state index in [9.17, 15) is 4.79 Å². The minimum Gasteiger partial charge on any atom is -0.492 e. The molecule has 1 heterocycles. The molecule has 0 amide bonds. The van der Waals surface area contributed by atoms with Crippen LogP contribution in [0.2, 0.25) is 0 Å². The Kier molecular flexibility index (Phi) is 3.18. The molecule has 0 atom stereocenters. The Hall–Kier alpha value is -1.17. The predicted molar refractivity (Wildman–Crippen MR) is 47.6 cm³/mol. The molecule has 0 N–H and O–H groups in total. The molecule has 0 aliphatic heterocycles. The Labute approximate surface area is 83.2 Å². The second-order valence-corrected chi connectivity index (χ2v) is 2.80. The molecule has 0 saturated carbocycles. The van der Waals surface area contributed by atoms with Gasteiger partial charge >= 0.3 is 5.97 Å². The van der Waals surface area contributed by atoms with E-state index in [-0.39, 0.29) is 5.82 Å². The highest BCUT2D eigenvalue weighted by Crippen LogP contribution is 2.20. The Bertz CT molecular complexity index is 330. The van der Waals surface area contributed by atoms with Gasteiger partial charge in [0, 0.05) is 0 Å². The summed E-state index contributed by atoms with van der Waals surface area (Å²) in [7, 11) is 2.76. The number of aromatic nitrogens is 2. The van der Waals surface area contributed by atoms with Crippen LogP contribution in [0.25, 0.3) is 0 Å². The number of rotatable bonds is 2. The fraction of sp³-hybridized carbons (Fsp3) is 0.286. The average Bonchev–Trinajstić information content (AvgIpc) is 2.16. The molecular formula is C7H7BrN2O3. The second-order valence-electron chi connectivity index (χ2n) is 2.04. The van der Waals surface area contributed by atoms with Gasteiger partial charge in [0.15, 0.2) is 10.4 Å². The molecule has 0 unspecified atom stereocenters. The van der Waals surface area contributed by atoms with E-state index in [0.29, 0.717) is 10.4 Å². The lowest BCUT2D eigenvalue weighted by atomic mass is 10.5. The Balaban J connectivity index is 3.02. The van der Waals surface area contributed by atoms with Crippen molar-refractivity contribution in [1.29, 1.82) is 0 Å². The standard InChI is InChI=1S/C7H7BrN2O3/c1-12-4-3-9-6(7(11)13-2)10-5(4)8/h3H,1-2H3. The van der Waals surface area contributed by atoms with Gasteiger partial charge in [-0.25, -0.2) is 14.8 Å². The van der Waals surface area contributed by atoms with Gasteiger partial charge in [-0.05, 0) is 15.9 Å². The van der Waals surface area contributed by atoms with E-state index in [2.05, 4.69) is 30.6 Å². The molecule has 70 valence electrons. The zero-order valence-electron chi connectivity index (χ0n) is 7.07. The number of hydrogen-bond donors (Lipinski definition) is 0. The maximum absolute atomic E-state index is 11.0. The molecule has 0 bridgehead atoms. The van der Waals surface area contributed by atoms with Crippen LogP contribution in [0.3, 0.4) is 0 Å². The summed E-state index contributed by atoms with van der Waals surface area (Å²) < 4.78 is 9.75. The molecule has 1 rings (SSSR count). The minimum absolute atomic E-state index is 0.00447. The normalized spacial score (nSPS) is 9.46. The third-order valence-corrected chi connectivity index (χ3v) is 1.87. The van der Waals surface area contributed by atoms with Gasteiger partial charge in [0.05, 0.1) is 20.4 Å². The molecule has 0 saturated heterocycles. The van der Waals surface area contributed by atoms with E-state index in [0.717, 1.165) is 0 Å². The zero-order valence-corrected chi connectivity index (χ0v) is 8.66. The molecule has 0 fully saturated rings. The highest BCUT2D eigenvalue weighted by molar-refractivity contribution is 9.10. The van der Waals surface area contributed by atoms with E-state index >= 15 is 0 Å². The smallest absolute Gasteiger partial charge is 0.376 e. The first-order chi connectivity index (χ1) is 6.19. The molecule has 0 aliphatic rings. The summed E-state index contributed by atoms with van der Waals surface area (Å²) in [5.41, 5.74) is 0. The Morgan fingerprint density at radius 1 is 1.54 bits per heavy atom. The van der Waals surface area contributed by atoms with Crippen LogP contribution < -0.4 is 4.74 Å². The van der Waals surface area contributed by atoms with Crippen LogP contribution >= 0.6 is 15.9 Å². The van der Waals surface area contributed by atoms with E-state index in [1.807, 2.05) is 0 Å². The first-order valence-electron chi connectivity index (χ1n) is 3.34. The third kappa shape index (κ3) is 2.15. The van der Waals surface area contributed by atoms with E-state index in [4.69, 9.17) is 4.74 Å². The summed E-state index contributed by atoms with van der Waals surface area (Å²) in [5, 5.41) is 0. The van der Waals surface area contributed by atoms with Crippen LogP contribution in [0.5, 0.6) is 5.75 Å². The van der Waals surface area contributed by atoms with Crippen molar-refractivity contribution < 1.29 is 14.3 Å². The number of halogens is 1. The summed E-state index contributed by atoms with van der Waals surface area (Å²) in [6.07, 6.45) is 1.39. The van der Waals surface area contributed by atoms with Crippen LogP contribution in [-0.2, 0) is 4.74 Å². The van der Waals surface area contributed by atoms with Crippen molar-refractivity contribution in [3.63, 3.8) is 0 Å². The fourth-order valence-corrected chi connectivity index (χ4v) is 1.11. The van der Waals surface area contributed by atoms with Gasteiger partial charge in [0.1, 0.15) is 0 Å². The van der Waals surface area contributed by atoms with Gasteiger partial charge in [-0.2, -0.15) is 0 Å². The van der Waals surface area contributed by atoms with Crippen LogP contribution in [0.1, 0.15) is 10.6 Å². The van der Waals surface area contributed by atoms with Crippen LogP contribution in [0.4, 0.5) is 0 Å². The maximum Gasteiger partial charge on any atom is 0.376 e. The molecule has 5 nitrogen and oxygen atoms in total. The summed E-state index contributed by atoms with van der Waals surface area (Å²) in [5.74, 6) is -0.119. The topological polar surface area (TPSA) is 61.3 Å². The summed E-state index contributed by atoms with van der Waals surface area (Å²) in [6.45, 7) is 0. The number of carbonyl (C=O) groups excluding carboxylic acids is 1. The maximum atomic E-state index is 11.0. The van der Waals surface area contributed by atoms with Crippen molar-refractivity contribution in [2.75, 3.05) is 14.2 Å². The highest BCUT2D eigenvalue weighted by atomic mass is 79.9. The molecule has 13 heavy (non-hydrogen) atoms.